The smallest absolute Gasteiger partial charge is 0.156 e. The quantitative estimate of drug-likeness (QED) is 0.884. The molecule has 3 rings (SSSR count). The zero-order chi connectivity index (χ0) is 16.9. The van der Waals surface area contributed by atoms with Crippen LogP contribution >= 0.6 is 0 Å². The Bertz CT molecular complexity index is 662. The molecule has 128 valence electrons. The van der Waals surface area contributed by atoms with Gasteiger partial charge in [-0.1, -0.05) is 37.3 Å². The molecule has 5 heteroatoms. The lowest BCUT2D eigenvalue weighted by Gasteiger charge is -2.18. The molecule has 0 saturated carbocycles. The van der Waals surface area contributed by atoms with E-state index in [9.17, 15) is 0 Å². The van der Waals surface area contributed by atoms with E-state index in [2.05, 4.69) is 57.4 Å². The summed E-state index contributed by atoms with van der Waals surface area (Å²) in [5.41, 5.74) is 2.33. The predicted octanol–water partition coefficient (Wildman–Crippen LogP) is 2.86. The van der Waals surface area contributed by atoms with Gasteiger partial charge in [-0.2, -0.15) is 0 Å². The maximum Gasteiger partial charge on any atom is 0.156 e. The minimum absolute atomic E-state index is 0.401. The second-order valence-corrected chi connectivity index (χ2v) is 6.65. The monoisotopic (exact) mass is 326 g/mol. The Morgan fingerprint density at radius 3 is 2.75 bits per heavy atom. The first kappa shape index (κ1) is 16.9. The van der Waals surface area contributed by atoms with Gasteiger partial charge in [-0.15, -0.1) is 0 Å². The number of methoxy groups -OCH3 is 1. The van der Waals surface area contributed by atoms with Crippen LogP contribution in [0.4, 0.5) is 5.82 Å². The maximum absolute atomic E-state index is 5.15. The van der Waals surface area contributed by atoms with Crippen molar-refractivity contribution in [3.05, 3.63) is 53.5 Å². The van der Waals surface area contributed by atoms with Gasteiger partial charge in [0.1, 0.15) is 12.4 Å². The first-order valence-electron chi connectivity index (χ1n) is 8.50. The fourth-order valence-corrected chi connectivity index (χ4v) is 3.31. The zero-order valence-electron chi connectivity index (χ0n) is 14.7. The largest absolute Gasteiger partial charge is 0.377 e. The summed E-state index contributed by atoms with van der Waals surface area (Å²) in [4.78, 5) is 11.5. The molecule has 0 radical (unpaired) electrons. The molecule has 1 aromatic carbocycles. The Labute approximate surface area is 144 Å². The topological polar surface area (TPSA) is 50.3 Å². The highest BCUT2D eigenvalue weighted by Gasteiger charge is 2.29. The average Bonchev–Trinajstić information content (AvgIpc) is 2.87. The van der Waals surface area contributed by atoms with Crippen LogP contribution in [0.1, 0.15) is 24.0 Å². The number of likely N-dealkylation sites (tertiary alicyclic amines) is 1. The summed E-state index contributed by atoms with van der Waals surface area (Å²) in [6, 6.07) is 13.1. The number of benzene rings is 1. The summed E-state index contributed by atoms with van der Waals surface area (Å²) in [5, 5.41) is 3.60. The molecule has 1 aliphatic heterocycles. The average molecular weight is 326 g/mol. The van der Waals surface area contributed by atoms with Crippen molar-refractivity contribution in [3.8, 4) is 0 Å². The van der Waals surface area contributed by atoms with E-state index in [1.54, 1.807) is 7.11 Å². The molecule has 1 fully saturated rings. The fraction of sp³-hybridized carbons (Fsp3) is 0.474. The molecule has 2 heterocycles. The first-order valence-corrected chi connectivity index (χ1v) is 8.50. The van der Waals surface area contributed by atoms with Gasteiger partial charge >= 0.3 is 0 Å². The number of aromatic nitrogens is 2. The van der Waals surface area contributed by atoms with E-state index in [0.29, 0.717) is 18.6 Å². The summed E-state index contributed by atoms with van der Waals surface area (Å²) in [6.07, 6.45) is 0. The van der Waals surface area contributed by atoms with Crippen molar-refractivity contribution in [1.29, 1.82) is 0 Å². The predicted molar refractivity (Wildman–Crippen MR) is 95.8 cm³/mol. The van der Waals surface area contributed by atoms with E-state index in [1.807, 2.05) is 13.0 Å². The number of anilines is 1. The minimum Gasteiger partial charge on any atom is -0.377 e. The van der Waals surface area contributed by atoms with Crippen LogP contribution in [-0.4, -0.2) is 41.1 Å². The van der Waals surface area contributed by atoms with Gasteiger partial charge in [0.25, 0.3) is 0 Å². The molecular formula is C19H26N4O. The van der Waals surface area contributed by atoms with Crippen molar-refractivity contribution in [3.63, 3.8) is 0 Å². The van der Waals surface area contributed by atoms with Gasteiger partial charge in [0.2, 0.25) is 0 Å². The molecule has 0 bridgehead atoms. The number of hydrogen-bond acceptors (Lipinski definition) is 5. The molecular weight excluding hydrogens is 300 g/mol. The minimum atomic E-state index is 0.401. The number of hydrogen-bond donors (Lipinski definition) is 1. The summed E-state index contributed by atoms with van der Waals surface area (Å²) in [5.74, 6) is 2.20. The van der Waals surface area contributed by atoms with Gasteiger partial charge < -0.3 is 10.1 Å². The van der Waals surface area contributed by atoms with Gasteiger partial charge in [0.15, 0.2) is 5.82 Å². The highest BCUT2D eigenvalue weighted by atomic mass is 16.5. The lowest BCUT2D eigenvalue weighted by atomic mass is 10.1. The van der Waals surface area contributed by atoms with Crippen LogP contribution in [-0.2, 0) is 17.9 Å². The van der Waals surface area contributed by atoms with E-state index < -0.39 is 0 Å². The van der Waals surface area contributed by atoms with Crippen LogP contribution < -0.4 is 5.32 Å². The SMILES string of the molecule is COCc1nc(C)cc(NC2CN(Cc3ccccc3)CC2C)n1. The second-order valence-electron chi connectivity index (χ2n) is 6.65. The maximum atomic E-state index is 5.15. The normalized spacial score (nSPS) is 21.1. The lowest BCUT2D eigenvalue weighted by molar-refractivity contribution is 0.177. The van der Waals surface area contributed by atoms with Gasteiger partial charge in [-0.3, -0.25) is 4.90 Å². The number of nitrogens with zero attached hydrogens (tertiary/aromatic N) is 3. The second kappa shape index (κ2) is 7.73. The Kier molecular flexibility index (Phi) is 5.43. The molecule has 2 aromatic rings. The molecule has 2 unspecified atom stereocenters. The summed E-state index contributed by atoms with van der Waals surface area (Å²) in [7, 11) is 1.67. The third-order valence-electron chi connectivity index (χ3n) is 4.44. The molecule has 1 N–H and O–H groups in total. The van der Waals surface area contributed by atoms with Gasteiger partial charge in [0, 0.05) is 44.5 Å². The fourth-order valence-electron chi connectivity index (χ4n) is 3.31. The molecule has 1 saturated heterocycles. The van der Waals surface area contributed by atoms with E-state index in [0.717, 1.165) is 37.0 Å². The summed E-state index contributed by atoms with van der Waals surface area (Å²) in [6.45, 7) is 7.86. The van der Waals surface area contributed by atoms with E-state index in [1.165, 1.54) is 5.56 Å². The molecule has 0 amide bonds. The molecule has 1 aliphatic rings. The summed E-state index contributed by atoms with van der Waals surface area (Å²) < 4.78 is 5.15. The number of ether oxygens (including phenoxy) is 1. The Balaban J connectivity index is 1.63. The molecule has 5 nitrogen and oxygen atoms in total. The Morgan fingerprint density at radius 2 is 2.00 bits per heavy atom. The standard InChI is InChI=1S/C19H26N4O/c1-14-10-23(11-16-7-5-4-6-8-16)12-17(14)21-18-9-15(2)20-19(22-18)13-24-3/h4-9,14,17H,10-13H2,1-3H3,(H,20,21,22). The Hall–Kier alpha value is -1.98. The molecule has 24 heavy (non-hydrogen) atoms. The highest BCUT2D eigenvalue weighted by molar-refractivity contribution is 5.37. The van der Waals surface area contributed by atoms with E-state index in [4.69, 9.17) is 4.74 Å². The molecule has 1 aromatic heterocycles. The van der Waals surface area contributed by atoms with Crippen molar-refractivity contribution in [1.82, 2.24) is 14.9 Å². The summed E-state index contributed by atoms with van der Waals surface area (Å²) >= 11 is 0. The molecule has 0 spiro atoms. The number of rotatable bonds is 6. The van der Waals surface area contributed by atoms with E-state index >= 15 is 0 Å². The van der Waals surface area contributed by atoms with Crippen LogP contribution in [0, 0.1) is 12.8 Å². The molecule has 0 aliphatic carbocycles. The van der Waals surface area contributed by atoms with Crippen molar-refractivity contribution < 1.29 is 4.74 Å². The van der Waals surface area contributed by atoms with Crippen LogP contribution in [0.5, 0.6) is 0 Å². The molecule has 2 atom stereocenters. The lowest BCUT2D eigenvalue weighted by Crippen LogP contribution is -2.28. The number of aryl methyl sites for hydroxylation is 1. The van der Waals surface area contributed by atoms with Gasteiger partial charge in [-0.05, 0) is 18.4 Å². The van der Waals surface area contributed by atoms with Crippen molar-refractivity contribution in [2.75, 3.05) is 25.5 Å². The number of nitrogens with one attached hydrogen (secondary N) is 1. The van der Waals surface area contributed by atoms with Crippen LogP contribution in [0.15, 0.2) is 36.4 Å². The van der Waals surface area contributed by atoms with E-state index in [-0.39, 0.29) is 0 Å². The van der Waals surface area contributed by atoms with Crippen LogP contribution in [0.2, 0.25) is 0 Å². The third kappa shape index (κ3) is 4.30. The van der Waals surface area contributed by atoms with Gasteiger partial charge in [0.05, 0.1) is 0 Å². The van der Waals surface area contributed by atoms with Crippen molar-refractivity contribution in [2.45, 2.75) is 33.0 Å². The zero-order valence-corrected chi connectivity index (χ0v) is 14.7. The van der Waals surface area contributed by atoms with Crippen LogP contribution in [0.25, 0.3) is 0 Å². The Morgan fingerprint density at radius 1 is 1.21 bits per heavy atom. The van der Waals surface area contributed by atoms with Crippen molar-refractivity contribution >= 4 is 5.82 Å². The highest BCUT2D eigenvalue weighted by Crippen LogP contribution is 2.22. The first-order chi connectivity index (χ1) is 11.6. The van der Waals surface area contributed by atoms with Crippen LogP contribution in [0.3, 0.4) is 0 Å². The third-order valence-corrected chi connectivity index (χ3v) is 4.44. The van der Waals surface area contributed by atoms with Crippen molar-refractivity contribution in [2.24, 2.45) is 5.92 Å². The van der Waals surface area contributed by atoms with Gasteiger partial charge in [-0.25, -0.2) is 9.97 Å².